The number of aromatic nitrogens is 2. The van der Waals surface area contributed by atoms with E-state index in [1.165, 1.54) is 0 Å². The monoisotopic (exact) mass is 411 g/mol. The lowest BCUT2D eigenvalue weighted by Gasteiger charge is -2.58. The molecule has 4 aliphatic carbocycles. The molecule has 162 valence electrons. The Morgan fingerprint density at radius 2 is 1.87 bits per heavy atom. The number of aryl methyl sites for hydroxylation is 1. The zero-order valence-electron chi connectivity index (χ0n) is 18.5. The first-order chi connectivity index (χ1) is 14.2. The highest BCUT2D eigenvalue weighted by molar-refractivity contribution is 6.04. The fourth-order valence-corrected chi connectivity index (χ4v) is 7.21. The van der Waals surface area contributed by atoms with Crippen molar-refractivity contribution in [3.8, 4) is 0 Å². The maximum Gasteiger partial charge on any atom is 0.272 e. The molecule has 6 rings (SSSR count). The summed E-state index contributed by atoms with van der Waals surface area (Å²) in [7, 11) is 9.94. The molecule has 4 bridgehead atoms. The van der Waals surface area contributed by atoms with Gasteiger partial charge in [-0.25, -0.2) is 0 Å². The van der Waals surface area contributed by atoms with E-state index in [1.807, 2.05) is 23.5 Å². The van der Waals surface area contributed by atoms with Crippen LogP contribution in [0.15, 0.2) is 0 Å². The number of rotatable bonds is 4. The van der Waals surface area contributed by atoms with E-state index in [4.69, 9.17) is 7.98 Å². The Morgan fingerprint density at radius 1 is 1.23 bits per heavy atom. The van der Waals surface area contributed by atoms with Gasteiger partial charge in [-0.2, -0.15) is 5.10 Å². The van der Waals surface area contributed by atoms with E-state index < -0.39 is 5.60 Å². The summed E-state index contributed by atoms with van der Waals surface area (Å²) in [6.45, 7) is 3.78. The first-order valence-corrected chi connectivity index (χ1v) is 11.5. The van der Waals surface area contributed by atoms with Gasteiger partial charge >= 0.3 is 0 Å². The summed E-state index contributed by atoms with van der Waals surface area (Å²) in [4.78, 5) is 17.4. The summed E-state index contributed by atoms with van der Waals surface area (Å²) < 4.78 is 1.85. The first-order valence-electron chi connectivity index (χ1n) is 11.5. The zero-order chi connectivity index (χ0) is 21.2. The van der Waals surface area contributed by atoms with E-state index in [0.717, 1.165) is 69.4 Å². The summed E-state index contributed by atoms with van der Waals surface area (Å²) >= 11 is 0. The Labute approximate surface area is 180 Å². The molecular formula is C22H34BN5O2. The molecule has 1 aliphatic heterocycles. The fraction of sp³-hybridized carbons (Fsp3) is 0.818. The van der Waals surface area contributed by atoms with Crippen molar-refractivity contribution >= 4 is 19.7 Å². The molecule has 5 fully saturated rings. The summed E-state index contributed by atoms with van der Waals surface area (Å²) in [5.74, 6) is 2.38. The van der Waals surface area contributed by atoms with Gasteiger partial charge in [0.2, 0.25) is 0 Å². The van der Waals surface area contributed by atoms with Crippen LogP contribution in [0.5, 0.6) is 0 Å². The third-order valence-corrected chi connectivity index (χ3v) is 8.38. The first kappa shape index (κ1) is 20.4. The lowest BCUT2D eigenvalue weighted by molar-refractivity contribution is -0.136. The number of hydrogen-bond acceptors (Lipinski definition) is 5. The molecule has 7 nitrogen and oxygen atoms in total. The Balaban J connectivity index is 1.32. The molecule has 2 atom stereocenters. The van der Waals surface area contributed by atoms with Crippen LogP contribution in [0.1, 0.15) is 61.0 Å². The second kappa shape index (κ2) is 7.26. The lowest BCUT2D eigenvalue weighted by atomic mass is 9.52. The molecule has 2 unspecified atom stereocenters. The Kier molecular flexibility index (Phi) is 4.93. The van der Waals surface area contributed by atoms with E-state index in [9.17, 15) is 9.90 Å². The van der Waals surface area contributed by atoms with Crippen molar-refractivity contribution in [1.82, 2.24) is 19.9 Å². The van der Waals surface area contributed by atoms with Crippen molar-refractivity contribution in [1.29, 1.82) is 0 Å². The van der Waals surface area contributed by atoms with Crippen molar-refractivity contribution < 1.29 is 9.90 Å². The molecule has 2 radical (unpaired) electrons. The maximum atomic E-state index is 13.3. The molecule has 1 aromatic rings. The SMILES string of the molecule is [B]N1CCC(N(C)c2c(C)c(C(=O)NC3C4CC5CC3CC(O)(C5)C4)nn2C)CC1. The molecular weight excluding hydrogens is 377 g/mol. The van der Waals surface area contributed by atoms with Crippen LogP contribution in [0.3, 0.4) is 0 Å². The number of hydrogen-bond donors (Lipinski definition) is 2. The third kappa shape index (κ3) is 3.36. The number of carbonyl (C=O) groups excluding carboxylic acids is 1. The second-order valence-corrected chi connectivity index (χ2v) is 10.5. The largest absolute Gasteiger partial charge is 0.390 e. The van der Waals surface area contributed by atoms with Crippen LogP contribution in [0.25, 0.3) is 0 Å². The lowest BCUT2D eigenvalue weighted by Crippen LogP contribution is -2.61. The van der Waals surface area contributed by atoms with E-state index >= 15 is 0 Å². The number of carbonyl (C=O) groups is 1. The van der Waals surface area contributed by atoms with E-state index in [2.05, 4.69) is 22.4 Å². The van der Waals surface area contributed by atoms with Gasteiger partial charge in [0.25, 0.3) is 5.91 Å². The van der Waals surface area contributed by atoms with Gasteiger partial charge in [0.1, 0.15) is 5.82 Å². The van der Waals surface area contributed by atoms with Crippen molar-refractivity contribution in [2.45, 2.75) is 69.6 Å². The molecule has 1 amide bonds. The van der Waals surface area contributed by atoms with Crippen molar-refractivity contribution in [3.63, 3.8) is 0 Å². The number of aliphatic hydroxyl groups is 1. The highest BCUT2D eigenvalue weighted by Gasteiger charge is 2.55. The quantitative estimate of drug-likeness (QED) is 0.733. The van der Waals surface area contributed by atoms with Gasteiger partial charge in [-0.1, -0.05) is 0 Å². The van der Waals surface area contributed by atoms with Crippen molar-refractivity contribution in [2.75, 3.05) is 25.0 Å². The average Bonchev–Trinajstić information content (AvgIpc) is 2.97. The topological polar surface area (TPSA) is 73.6 Å². The minimum Gasteiger partial charge on any atom is -0.390 e. The Morgan fingerprint density at radius 3 is 2.47 bits per heavy atom. The van der Waals surface area contributed by atoms with E-state index in [-0.39, 0.29) is 11.9 Å². The summed E-state index contributed by atoms with van der Waals surface area (Å²) in [6.07, 6.45) is 6.92. The standard InChI is InChI=1S/C22H34BN5O2/c1-13-18(25-27(3)21(13)26(2)17-4-6-28(23)7-5-17)20(29)24-19-15-8-14-9-16(19)12-22(30,10-14)11-15/h14-17,19,30H,4-12H2,1-3H3,(H,24,29). The Hall–Kier alpha value is -1.54. The predicted molar refractivity (Wildman–Crippen MR) is 116 cm³/mol. The highest BCUT2D eigenvalue weighted by atomic mass is 16.3. The van der Waals surface area contributed by atoms with Gasteiger partial charge in [-0.05, 0) is 82.7 Å². The number of nitrogens with one attached hydrogen (secondary N) is 1. The minimum absolute atomic E-state index is 0.0657. The number of nitrogens with zero attached hydrogens (tertiary/aromatic N) is 4. The van der Waals surface area contributed by atoms with Gasteiger partial charge in [0.05, 0.1) is 5.60 Å². The number of anilines is 1. The van der Waals surface area contributed by atoms with Gasteiger partial charge in [-0.15, -0.1) is 0 Å². The van der Waals surface area contributed by atoms with Crippen molar-refractivity contribution in [3.05, 3.63) is 11.3 Å². The molecule has 30 heavy (non-hydrogen) atoms. The number of piperidine rings is 1. The van der Waals surface area contributed by atoms with Gasteiger partial charge in [0, 0.05) is 31.7 Å². The third-order valence-electron chi connectivity index (χ3n) is 8.38. The van der Waals surface area contributed by atoms with Crippen LogP contribution in [0, 0.1) is 24.7 Å². The smallest absolute Gasteiger partial charge is 0.272 e. The van der Waals surface area contributed by atoms with Crippen LogP contribution >= 0.6 is 0 Å². The molecule has 5 aliphatic rings. The van der Waals surface area contributed by atoms with Crippen LogP contribution < -0.4 is 10.2 Å². The molecule has 0 spiro atoms. The molecule has 2 heterocycles. The predicted octanol–water partition coefficient (Wildman–Crippen LogP) is 1.38. The van der Waals surface area contributed by atoms with E-state index in [0.29, 0.717) is 29.5 Å². The molecule has 8 heteroatoms. The Bertz CT molecular complexity index is 818. The van der Waals surface area contributed by atoms with Gasteiger partial charge in [0.15, 0.2) is 13.7 Å². The van der Waals surface area contributed by atoms with Crippen LogP contribution in [-0.4, -0.2) is 71.4 Å². The fourth-order valence-electron chi connectivity index (χ4n) is 7.21. The van der Waals surface area contributed by atoms with Crippen LogP contribution in [0.2, 0.25) is 0 Å². The van der Waals surface area contributed by atoms with E-state index in [1.54, 1.807) is 0 Å². The molecule has 4 saturated carbocycles. The van der Waals surface area contributed by atoms with Crippen LogP contribution in [0.4, 0.5) is 5.82 Å². The van der Waals surface area contributed by atoms with Crippen LogP contribution in [-0.2, 0) is 7.05 Å². The van der Waals surface area contributed by atoms with Gasteiger partial charge < -0.3 is 20.1 Å². The molecule has 1 aromatic heterocycles. The second-order valence-electron chi connectivity index (χ2n) is 10.5. The summed E-state index contributed by atoms with van der Waals surface area (Å²) in [5.41, 5.74) is 0.992. The minimum atomic E-state index is -0.479. The average molecular weight is 411 g/mol. The zero-order valence-corrected chi connectivity index (χ0v) is 18.5. The molecule has 0 aromatic carbocycles. The highest BCUT2D eigenvalue weighted by Crippen LogP contribution is 2.55. The van der Waals surface area contributed by atoms with Crippen molar-refractivity contribution in [2.24, 2.45) is 24.8 Å². The molecule has 2 N–H and O–H groups in total. The summed E-state index contributed by atoms with van der Waals surface area (Å²) in [6, 6.07) is 0.575. The summed E-state index contributed by atoms with van der Waals surface area (Å²) in [5, 5.41) is 18.8. The number of amides is 1. The maximum absolute atomic E-state index is 13.3. The molecule has 1 saturated heterocycles. The van der Waals surface area contributed by atoms with Gasteiger partial charge in [-0.3, -0.25) is 9.48 Å². The normalized spacial score (nSPS) is 36.3.